The van der Waals surface area contributed by atoms with Gasteiger partial charge in [0.2, 0.25) is 0 Å². The predicted molar refractivity (Wildman–Crippen MR) is 72.9 cm³/mol. The Morgan fingerprint density at radius 1 is 1.40 bits per heavy atom. The molecule has 0 aromatic carbocycles. The molecule has 0 spiro atoms. The van der Waals surface area contributed by atoms with Gasteiger partial charge in [0.1, 0.15) is 23.0 Å². The van der Waals surface area contributed by atoms with Crippen LogP contribution < -0.4 is 0 Å². The molecule has 108 valence electrons. The van der Waals surface area contributed by atoms with Crippen molar-refractivity contribution in [2.24, 2.45) is 5.92 Å². The van der Waals surface area contributed by atoms with Crippen LogP contribution >= 0.6 is 11.6 Å². The summed E-state index contributed by atoms with van der Waals surface area (Å²) in [5, 5.41) is 4.63. The summed E-state index contributed by atoms with van der Waals surface area (Å²) in [5.74, 6) is -0.0576. The van der Waals surface area contributed by atoms with Crippen molar-refractivity contribution in [1.29, 1.82) is 0 Å². The van der Waals surface area contributed by atoms with Crippen LogP contribution in [-0.4, -0.2) is 27.1 Å². The molecule has 0 amide bonds. The fourth-order valence-corrected chi connectivity index (χ4v) is 3.23. The zero-order valence-electron chi connectivity index (χ0n) is 11.8. The molecule has 2 aliphatic rings. The van der Waals surface area contributed by atoms with Crippen molar-refractivity contribution >= 4 is 23.4 Å². The van der Waals surface area contributed by atoms with Crippen LogP contribution in [0.5, 0.6) is 0 Å². The molecule has 0 N–H and O–H groups in total. The third-order valence-electron chi connectivity index (χ3n) is 3.84. The van der Waals surface area contributed by atoms with E-state index in [2.05, 4.69) is 5.10 Å². The fraction of sp³-hybridized carbons (Fsp3) is 0.643. The number of rotatable bonds is 2. The minimum Gasteiger partial charge on any atom is -0.459 e. The van der Waals surface area contributed by atoms with E-state index < -0.39 is 11.6 Å². The van der Waals surface area contributed by atoms with E-state index in [9.17, 15) is 9.59 Å². The van der Waals surface area contributed by atoms with E-state index in [0.29, 0.717) is 10.8 Å². The minimum atomic E-state index is -0.547. The van der Waals surface area contributed by atoms with Crippen molar-refractivity contribution in [2.75, 3.05) is 0 Å². The van der Waals surface area contributed by atoms with Gasteiger partial charge in [0, 0.05) is 11.5 Å². The highest BCUT2D eigenvalue weighted by Crippen LogP contribution is 2.52. The van der Waals surface area contributed by atoms with Crippen molar-refractivity contribution in [3.05, 3.63) is 16.4 Å². The van der Waals surface area contributed by atoms with E-state index in [0.717, 1.165) is 18.4 Å². The third-order valence-corrected chi connectivity index (χ3v) is 4.24. The first-order valence-electron chi connectivity index (χ1n) is 6.80. The first-order valence-corrected chi connectivity index (χ1v) is 7.18. The third kappa shape index (κ3) is 2.04. The maximum atomic E-state index is 12.1. The molecule has 6 heteroatoms. The number of ether oxygens (including phenoxy) is 1. The quantitative estimate of drug-likeness (QED) is 0.787. The molecule has 1 saturated carbocycles. The number of carbonyl (C=O) groups excluding carboxylic acids is 2. The van der Waals surface area contributed by atoms with E-state index in [1.54, 1.807) is 20.8 Å². The maximum Gasteiger partial charge on any atom is 0.328 e. The smallest absolute Gasteiger partial charge is 0.328 e. The number of nitrogens with zero attached hydrogens (tertiary/aromatic N) is 2. The largest absolute Gasteiger partial charge is 0.459 e. The lowest BCUT2D eigenvalue weighted by Crippen LogP contribution is -2.28. The summed E-state index contributed by atoms with van der Waals surface area (Å²) in [6.45, 7) is 5.35. The first kappa shape index (κ1) is 13.6. The Morgan fingerprint density at radius 3 is 2.60 bits per heavy atom. The number of halogens is 1. The molecule has 0 saturated heterocycles. The molecular formula is C14H17ClN2O3. The van der Waals surface area contributed by atoms with Crippen molar-refractivity contribution in [3.8, 4) is 0 Å². The molecule has 0 bridgehead atoms. The molecule has 2 aliphatic carbocycles. The first-order chi connectivity index (χ1) is 9.28. The normalized spacial score (nSPS) is 24.1. The fourth-order valence-electron chi connectivity index (χ4n) is 2.90. The second-order valence-electron chi connectivity index (χ2n) is 6.45. The Kier molecular flexibility index (Phi) is 2.94. The van der Waals surface area contributed by atoms with E-state index in [1.165, 1.54) is 4.68 Å². The molecular weight excluding hydrogens is 280 g/mol. The van der Waals surface area contributed by atoms with E-state index in [1.807, 2.05) is 0 Å². The van der Waals surface area contributed by atoms with Crippen molar-refractivity contribution in [1.82, 2.24) is 9.78 Å². The Labute approximate surface area is 122 Å². The van der Waals surface area contributed by atoms with Crippen molar-refractivity contribution < 1.29 is 14.3 Å². The van der Waals surface area contributed by atoms with E-state index in [-0.39, 0.29) is 24.2 Å². The second-order valence-corrected chi connectivity index (χ2v) is 6.81. The number of ketones is 1. The molecule has 3 rings (SSSR count). The summed E-state index contributed by atoms with van der Waals surface area (Å²) in [5.41, 5.74) is 0.733. The van der Waals surface area contributed by atoms with Gasteiger partial charge in [-0.3, -0.25) is 9.59 Å². The molecule has 1 aromatic heterocycles. The lowest BCUT2D eigenvalue weighted by atomic mass is 9.74. The highest BCUT2D eigenvalue weighted by atomic mass is 35.5. The molecule has 0 unspecified atom stereocenters. The van der Waals surface area contributed by atoms with Crippen LogP contribution in [0.1, 0.15) is 55.6 Å². The summed E-state index contributed by atoms with van der Waals surface area (Å²) >= 11 is 6.28. The summed E-state index contributed by atoms with van der Waals surface area (Å²) in [4.78, 5) is 23.9. The molecule has 0 radical (unpaired) electrons. The standard InChI is InChI=1S/C14H17ClN2O3/c1-14(2,3)20-9(18)6-17-13(15)10-7-4-5-8(7)12(19)11(10)16-17/h7-8H,4-6H2,1-3H3/t7-,8+/m0/s1. The number of carbonyl (C=O) groups is 2. The number of Topliss-reactive ketones (excluding diaryl/α,β-unsaturated/α-hetero) is 1. The summed E-state index contributed by atoms with van der Waals surface area (Å²) in [6.07, 6.45) is 1.89. The van der Waals surface area contributed by atoms with Gasteiger partial charge < -0.3 is 4.74 Å². The molecule has 1 fully saturated rings. The highest BCUT2D eigenvalue weighted by molar-refractivity contribution is 6.31. The average molecular weight is 297 g/mol. The second kappa shape index (κ2) is 4.32. The number of hydrogen-bond acceptors (Lipinski definition) is 4. The number of esters is 1. The van der Waals surface area contributed by atoms with Crippen LogP contribution in [0.15, 0.2) is 0 Å². The Balaban J connectivity index is 1.82. The number of hydrogen-bond donors (Lipinski definition) is 0. The zero-order chi connectivity index (χ0) is 14.7. The maximum absolute atomic E-state index is 12.1. The molecule has 2 atom stereocenters. The van der Waals surface area contributed by atoms with Gasteiger partial charge in [-0.1, -0.05) is 11.6 Å². The Hall–Kier alpha value is -1.36. The minimum absolute atomic E-state index is 0.0617. The van der Waals surface area contributed by atoms with Gasteiger partial charge in [-0.2, -0.15) is 5.10 Å². The monoisotopic (exact) mass is 296 g/mol. The average Bonchev–Trinajstić information content (AvgIpc) is 2.62. The van der Waals surface area contributed by atoms with Gasteiger partial charge in [0.15, 0.2) is 5.78 Å². The lowest BCUT2D eigenvalue weighted by Gasteiger charge is -2.29. The molecule has 5 nitrogen and oxygen atoms in total. The summed E-state index contributed by atoms with van der Waals surface area (Å²) in [6, 6.07) is 0. The van der Waals surface area contributed by atoms with Gasteiger partial charge in [-0.15, -0.1) is 0 Å². The summed E-state index contributed by atoms with van der Waals surface area (Å²) in [7, 11) is 0. The van der Waals surface area contributed by atoms with Gasteiger partial charge in [0.05, 0.1) is 0 Å². The zero-order valence-corrected chi connectivity index (χ0v) is 12.5. The van der Waals surface area contributed by atoms with Crippen LogP contribution in [0, 0.1) is 5.92 Å². The summed E-state index contributed by atoms with van der Waals surface area (Å²) < 4.78 is 6.62. The van der Waals surface area contributed by atoms with Crippen LogP contribution in [0.3, 0.4) is 0 Å². The Morgan fingerprint density at radius 2 is 2.05 bits per heavy atom. The molecule has 20 heavy (non-hydrogen) atoms. The van der Waals surface area contributed by atoms with Gasteiger partial charge in [-0.05, 0) is 39.5 Å². The van der Waals surface area contributed by atoms with Crippen molar-refractivity contribution in [3.63, 3.8) is 0 Å². The molecule has 1 heterocycles. The van der Waals surface area contributed by atoms with Crippen LogP contribution in [0.2, 0.25) is 5.15 Å². The topological polar surface area (TPSA) is 61.2 Å². The molecule has 1 aromatic rings. The lowest BCUT2D eigenvalue weighted by molar-refractivity contribution is -0.155. The van der Waals surface area contributed by atoms with Crippen LogP contribution in [0.4, 0.5) is 0 Å². The van der Waals surface area contributed by atoms with Gasteiger partial charge >= 0.3 is 5.97 Å². The van der Waals surface area contributed by atoms with Crippen molar-refractivity contribution in [2.45, 2.75) is 51.7 Å². The molecule has 0 aliphatic heterocycles. The number of aromatic nitrogens is 2. The Bertz CT molecular complexity index is 600. The van der Waals surface area contributed by atoms with Gasteiger partial charge in [0.25, 0.3) is 0 Å². The SMILES string of the molecule is CC(C)(C)OC(=O)Cn1nc2c(c1Cl)[C@H]1CC[C@H]1C2=O. The van der Waals surface area contributed by atoms with E-state index >= 15 is 0 Å². The van der Waals surface area contributed by atoms with E-state index in [4.69, 9.17) is 16.3 Å². The number of fused-ring (bicyclic) bond motifs is 3. The van der Waals surface area contributed by atoms with Crippen LogP contribution in [0.25, 0.3) is 0 Å². The van der Waals surface area contributed by atoms with Crippen LogP contribution in [-0.2, 0) is 16.1 Å². The predicted octanol–water partition coefficient (Wildman–Crippen LogP) is 2.57. The van der Waals surface area contributed by atoms with Gasteiger partial charge in [-0.25, -0.2) is 4.68 Å². The highest BCUT2D eigenvalue weighted by Gasteiger charge is 2.49.